The third-order valence-electron chi connectivity index (χ3n) is 6.87. The Balaban J connectivity index is 1.42. The monoisotopic (exact) mass is 438 g/mol. The Hall–Kier alpha value is -1.87. The molecule has 0 aromatic heterocycles. The van der Waals surface area contributed by atoms with E-state index in [1.807, 2.05) is 36.4 Å². The van der Waals surface area contributed by atoms with Crippen molar-refractivity contribution in [2.45, 2.75) is 30.1 Å². The van der Waals surface area contributed by atoms with Crippen molar-refractivity contribution in [1.29, 1.82) is 0 Å². The van der Waals surface area contributed by atoms with Gasteiger partial charge in [0.15, 0.2) is 5.78 Å². The second kappa shape index (κ2) is 8.48. The van der Waals surface area contributed by atoms with Crippen LogP contribution in [0, 0.1) is 5.92 Å². The lowest BCUT2D eigenvalue weighted by Crippen LogP contribution is -2.67. The van der Waals surface area contributed by atoms with Crippen molar-refractivity contribution in [2.75, 3.05) is 52.6 Å². The molecule has 1 aromatic carbocycles. The first kappa shape index (κ1) is 20.7. The molecule has 6 rings (SSSR count). The lowest BCUT2D eigenvalue weighted by molar-refractivity contribution is -0.0570. The number of Topliss-reactive ketones (excluding diaryl/α,β-unsaturated/α-hetero) is 1. The zero-order valence-corrected chi connectivity index (χ0v) is 18.2. The number of carbonyl (C=O) groups is 1. The largest absolute Gasteiger partial charge is 0.372 e. The van der Waals surface area contributed by atoms with Crippen molar-refractivity contribution in [2.24, 2.45) is 5.92 Å². The molecule has 170 valence electrons. The summed E-state index contributed by atoms with van der Waals surface area (Å²) in [5, 5.41) is 0. The first-order valence-corrected chi connectivity index (χ1v) is 11.6. The minimum Gasteiger partial charge on any atom is -0.372 e. The predicted molar refractivity (Wildman–Crippen MR) is 117 cm³/mol. The molecule has 32 heavy (non-hydrogen) atoms. The fourth-order valence-electron chi connectivity index (χ4n) is 4.90. The second-order valence-electron chi connectivity index (χ2n) is 9.37. The number of hydrogen-bond acceptors (Lipinski definition) is 7. The maximum Gasteiger partial charge on any atom is 0.173 e. The zero-order chi connectivity index (χ0) is 21.5. The molecule has 5 unspecified atom stereocenters. The van der Waals surface area contributed by atoms with Crippen LogP contribution in [0.5, 0.6) is 0 Å². The molecular weight excluding hydrogens is 408 g/mol. The van der Waals surface area contributed by atoms with Crippen LogP contribution in [0.2, 0.25) is 0 Å². The van der Waals surface area contributed by atoms with E-state index >= 15 is 0 Å². The molecule has 1 aromatic rings. The van der Waals surface area contributed by atoms with E-state index in [1.54, 1.807) is 0 Å². The highest BCUT2D eigenvalue weighted by atomic mass is 16.6. The van der Waals surface area contributed by atoms with Crippen LogP contribution < -0.4 is 0 Å². The molecule has 0 amide bonds. The van der Waals surface area contributed by atoms with Crippen LogP contribution in [0.15, 0.2) is 54.6 Å². The van der Waals surface area contributed by atoms with Crippen molar-refractivity contribution in [1.82, 2.24) is 9.80 Å². The number of epoxide rings is 4. The van der Waals surface area contributed by atoms with Crippen molar-refractivity contribution in [3.05, 3.63) is 60.2 Å². The van der Waals surface area contributed by atoms with Gasteiger partial charge in [0.25, 0.3) is 0 Å². The summed E-state index contributed by atoms with van der Waals surface area (Å²) in [5.41, 5.74) is 0.106. The number of rotatable bonds is 12. The maximum absolute atomic E-state index is 14.0. The summed E-state index contributed by atoms with van der Waals surface area (Å²) in [4.78, 5) is 18.8. The number of ether oxygens (including phenoxy) is 4. The van der Waals surface area contributed by atoms with Gasteiger partial charge >= 0.3 is 0 Å². The third kappa shape index (κ3) is 4.46. The summed E-state index contributed by atoms with van der Waals surface area (Å²) >= 11 is 0. The molecule has 4 fully saturated rings. The summed E-state index contributed by atoms with van der Waals surface area (Å²) in [5.74, 6) is -0.229. The number of benzene rings is 1. The van der Waals surface area contributed by atoms with Gasteiger partial charge in [-0.2, -0.15) is 0 Å². The summed E-state index contributed by atoms with van der Waals surface area (Å²) in [6.45, 7) is 6.15. The molecule has 7 heteroatoms. The molecule has 5 atom stereocenters. The van der Waals surface area contributed by atoms with Gasteiger partial charge in [0.05, 0.1) is 56.8 Å². The lowest BCUT2D eigenvalue weighted by atomic mass is 9.79. The Bertz CT molecular complexity index is 827. The lowest BCUT2D eigenvalue weighted by Gasteiger charge is -2.53. The Morgan fingerprint density at radius 2 is 1.25 bits per heavy atom. The highest BCUT2D eigenvalue weighted by Crippen LogP contribution is 2.40. The van der Waals surface area contributed by atoms with E-state index < -0.39 is 5.66 Å². The SMILES string of the molecule is O=C(c1ccccc1)C1C=CC=CC1(N(CC1CO1)CC1CO1)N(CC1CO1)CC1CO1. The molecule has 0 saturated carbocycles. The Labute approximate surface area is 188 Å². The summed E-state index contributed by atoms with van der Waals surface area (Å²) in [7, 11) is 0. The molecule has 0 bridgehead atoms. The molecule has 4 heterocycles. The Kier molecular flexibility index (Phi) is 5.49. The van der Waals surface area contributed by atoms with Gasteiger partial charge in [-0.15, -0.1) is 0 Å². The van der Waals surface area contributed by atoms with Crippen LogP contribution in [-0.4, -0.2) is 98.3 Å². The highest BCUT2D eigenvalue weighted by molar-refractivity contribution is 6.00. The molecule has 0 spiro atoms. The minimum atomic E-state index is -0.628. The minimum absolute atomic E-state index is 0.128. The molecule has 7 nitrogen and oxygen atoms in total. The smallest absolute Gasteiger partial charge is 0.173 e. The van der Waals surface area contributed by atoms with E-state index in [0.29, 0.717) is 0 Å². The Morgan fingerprint density at radius 3 is 1.69 bits per heavy atom. The third-order valence-corrected chi connectivity index (χ3v) is 6.87. The van der Waals surface area contributed by atoms with Gasteiger partial charge in [-0.3, -0.25) is 14.6 Å². The van der Waals surface area contributed by atoms with E-state index in [-0.39, 0.29) is 36.1 Å². The van der Waals surface area contributed by atoms with Crippen LogP contribution in [-0.2, 0) is 18.9 Å². The predicted octanol–water partition coefficient (Wildman–Crippen LogP) is 1.51. The Morgan fingerprint density at radius 1 is 0.781 bits per heavy atom. The van der Waals surface area contributed by atoms with Gasteiger partial charge < -0.3 is 18.9 Å². The van der Waals surface area contributed by atoms with Gasteiger partial charge in [-0.25, -0.2) is 0 Å². The van der Waals surface area contributed by atoms with Crippen LogP contribution in [0.1, 0.15) is 10.4 Å². The number of nitrogens with zero attached hydrogens (tertiary/aromatic N) is 2. The number of hydrogen-bond donors (Lipinski definition) is 0. The van der Waals surface area contributed by atoms with Gasteiger partial charge in [-0.05, 0) is 6.08 Å². The second-order valence-corrected chi connectivity index (χ2v) is 9.37. The molecule has 5 aliphatic rings. The van der Waals surface area contributed by atoms with Crippen molar-refractivity contribution in [3.8, 4) is 0 Å². The molecule has 4 aliphatic heterocycles. The summed E-state index contributed by atoms with van der Waals surface area (Å²) in [6, 6.07) is 9.63. The van der Waals surface area contributed by atoms with E-state index in [4.69, 9.17) is 18.9 Å². The van der Waals surface area contributed by atoms with E-state index in [0.717, 1.165) is 58.2 Å². The molecule has 0 N–H and O–H groups in total. The quantitative estimate of drug-likeness (QED) is 0.278. The zero-order valence-electron chi connectivity index (χ0n) is 18.2. The number of ketones is 1. The fraction of sp³-hybridized carbons (Fsp3) is 0.560. The van der Waals surface area contributed by atoms with Gasteiger partial charge in [-0.1, -0.05) is 48.6 Å². The van der Waals surface area contributed by atoms with E-state index in [9.17, 15) is 4.79 Å². The van der Waals surface area contributed by atoms with Gasteiger partial charge in [0.1, 0.15) is 5.66 Å². The van der Waals surface area contributed by atoms with Crippen molar-refractivity contribution >= 4 is 5.78 Å². The average Bonchev–Trinajstić information content (AvgIpc) is 3.63. The number of carbonyl (C=O) groups excluding carboxylic acids is 1. The summed E-state index contributed by atoms with van der Waals surface area (Å²) in [6.07, 6.45) is 9.18. The topological polar surface area (TPSA) is 73.7 Å². The standard InChI is InChI=1S/C25H30N2O5/c28-24(18-6-2-1-3-7-18)23-8-4-5-9-25(23,26(10-19-14-29-19)11-20-15-30-20)27(12-21-16-31-21)13-22-17-32-22/h1-9,19-23H,10-17H2. The first-order valence-electron chi connectivity index (χ1n) is 11.6. The first-order chi connectivity index (χ1) is 15.7. The number of allylic oxidation sites excluding steroid dienone is 2. The fourth-order valence-corrected chi connectivity index (χ4v) is 4.90. The van der Waals surface area contributed by atoms with Gasteiger partial charge in [0.2, 0.25) is 0 Å². The maximum atomic E-state index is 14.0. The van der Waals surface area contributed by atoms with E-state index in [2.05, 4.69) is 28.0 Å². The average molecular weight is 439 g/mol. The molecule has 0 radical (unpaired) electrons. The summed E-state index contributed by atoms with van der Waals surface area (Å²) < 4.78 is 22.6. The van der Waals surface area contributed by atoms with Gasteiger partial charge in [0, 0.05) is 31.7 Å². The molecule has 1 aliphatic carbocycles. The normalized spacial score (nSPS) is 36.5. The van der Waals surface area contributed by atoms with E-state index in [1.165, 1.54) is 0 Å². The molecular formula is C25H30N2O5. The highest BCUT2D eigenvalue weighted by Gasteiger charge is 2.54. The van der Waals surface area contributed by atoms with Crippen LogP contribution >= 0.6 is 0 Å². The van der Waals surface area contributed by atoms with Crippen LogP contribution in [0.25, 0.3) is 0 Å². The van der Waals surface area contributed by atoms with Crippen LogP contribution in [0.3, 0.4) is 0 Å². The van der Waals surface area contributed by atoms with Crippen molar-refractivity contribution in [3.63, 3.8) is 0 Å². The molecule has 4 saturated heterocycles. The van der Waals surface area contributed by atoms with Crippen LogP contribution in [0.4, 0.5) is 0 Å². The van der Waals surface area contributed by atoms with Crippen molar-refractivity contribution < 1.29 is 23.7 Å².